The Labute approximate surface area is 117 Å². The zero-order valence-electron chi connectivity index (χ0n) is 13.0. The largest absolute Gasteiger partial charge is 0.241 e. The van der Waals surface area contributed by atoms with Gasteiger partial charge in [-0.2, -0.15) is 0 Å². The van der Waals surface area contributed by atoms with Gasteiger partial charge in [0, 0.05) is 6.04 Å². The molecule has 108 valence electrons. The normalized spacial score (nSPS) is 13.6. The molecule has 1 rings (SSSR count). The van der Waals surface area contributed by atoms with Crippen LogP contribution in [0.15, 0.2) is 4.90 Å². The monoisotopic (exact) mass is 283 g/mol. The highest BCUT2D eigenvalue weighted by Gasteiger charge is 2.24. The molecule has 0 aliphatic rings. The lowest BCUT2D eigenvalue weighted by atomic mass is 9.95. The van der Waals surface area contributed by atoms with Crippen molar-refractivity contribution in [2.45, 2.75) is 65.8 Å². The molecule has 4 heteroatoms. The molecule has 1 aromatic rings. The first-order valence-corrected chi connectivity index (χ1v) is 8.21. The third-order valence-corrected chi connectivity index (χ3v) is 6.03. The Morgan fingerprint density at radius 1 is 0.895 bits per heavy atom. The fourth-order valence-electron chi connectivity index (χ4n) is 2.28. The first-order valence-electron chi connectivity index (χ1n) is 6.72. The zero-order chi connectivity index (χ0) is 15.0. The lowest BCUT2D eigenvalue weighted by Crippen LogP contribution is -2.33. The highest BCUT2D eigenvalue weighted by molar-refractivity contribution is 7.89. The van der Waals surface area contributed by atoms with E-state index in [-0.39, 0.29) is 6.04 Å². The van der Waals surface area contributed by atoms with Gasteiger partial charge in [0.05, 0.1) is 4.90 Å². The molecule has 0 amide bonds. The summed E-state index contributed by atoms with van der Waals surface area (Å²) in [5.74, 6) is 0. The van der Waals surface area contributed by atoms with Gasteiger partial charge in [-0.05, 0) is 75.8 Å². The minimum atomic E-state index is -3.44. The van der Waals surface area contributed by atoms with Gasteiger partial charge in [-0.15, -0.1) is 0 Å². The van der Waals surface area contributed by atoms with Gasteiger partial charge in [0.1, 0.15) is 0 Å². The predicted octanol–water partition coefficient (Wildman–Crippen LogP) is 3.31. The predicted molar refractivity (Wildman–Crippen MR) is 80.2 cm³/mol. The Morgan fingerprint density at radius 2 is 1.26 bits per heavy atom. The van der Waals surface area contributed by atoms with Gasteiger partial charge < -0.3 is 0 Å². The number of benzene rings is 1. The maximum absolute atomic E-state index is 12.5. The molecule has 0 saturated carbocycles. The summed E-state index contributed by atoms with van der Waals surface area (Å²) in [6.07, 6.45) is 0.779. The van der Waals surface area contributed by atoms with Crippen LogP contribution in [0, 0.1) is 34.6 Å². The fourth-order valence-corrected chi connectivity index (χ4v) is 4.20. The summed E-state index contributed by atoms with van der Waals surface area (Å²) >= 11 is 0. The Morgan fingerprint density at radius 3 is 1.63 bits per heavy atom. The van der Waals surface area contributed by atoms with E-state index in [1.807, 2.05) is 48.5 Å². The van der Waals surface area contributed by atoms with Crippen molar-refractivity contribution < 1.29 is 8.42 Å². The van der Waals surface area contributed by atoms with Crippen molar-refractivity contribution in [3.8, 4) is 0 Å². The van der Waals surface area contributed by atoms with Gasteiger partial charge in [-0.1, -0.05) is 6.92 Å². The van der Waals surface area contributed by atoms with E-state index in [0.29, 0.717) is 4.90 Å². The van der Waals surface area contributed by atoms with Gasteiger partial charge in [-0.3, -0.25) is 0 Å². The van der Waals surface area contributed by atoms with Crippen molar-refractivity contribution in [2.24, 2.45) is 0 Å². The molecule has 0 spiro atoms. The second-order valence-corrected chi connectivity index (χ2v) is 7.04. The summed E-state index contributed by atoms with van der Waals surface area (Å²) in [5, 5.41) is 0. The fraction of sp³-hybridized carbons (Fsp3) is 0.600. The molecule has 0 heterocycles. The van der Waals surface area contributed by atoms with E-state index in [9.17, 15) is 8.42 Å². The average Bonchev–Trinajstić information content (AvgIpc) is 2.33. The number of rotatable bonds is 4. The minimum absolute atomic E-state index is 0.0503. The molecular formula is C15H25NO2S. The van der Waals surface area contributed by atoms with Crippen LogP contribution < -0.4 is 4.72 Å². The van der Waals surface area contributed by atoms with E-state index in [0.717, 1.165) is 28.7 Å². The van der Waals surface area contributed by atoms with E-state index < -0.39 is 10.0 Å². The van der Waals surface area contributed by atoms with Gasteiger partial charge >= 0.3 is 0 Å². The molecule has 0 aromatic heterocycles. The van der Waals surface area contributed by atoms with E-state index in [4.69, 9.17) is 0 Å². The lowest BCUT2D eigenvalue weighted by Gasteiger charge is -2.20. The summed E-state index contributed by atoms with van der Waals surface area (Å²) in [6, 6.07) is -0.0503. The van der Waals surface area contributed by atoms with Crippen LogP contribution in [-0.4, -0.2) is 14.5 Å². The van der Waals surface area contributed by atoms with Crippen LogP contribution in [0.5, 0.6) is 0 Å². The van der Waals surface area contributed by atoms with Gasteiger partial charge in [0.25, 0.3) is 0 Å². The van der Waals surface area contributed by atoms with Crippen molar-refractivity contribution in [3.05, 3.63) is 27.8 Å². The summed E-state index contributed by atoms with van der Waals surface area (Å²) in [7, 11) is -3.44. The standard InChI is InChI=1S/C15H25NO2S/c1-8-9(2)16-19(17,18)15-13(6)11(4)10(3)12(5)14(15)7/h9,16H,8H2,1-7H3/t9-/m0/s1. The second-order valence-electron chi connectivity index (χ2n) is 5.38. The average molecular weight is 283 g/mol. The molecule has 0 aliphatic heterocycles. The molecule has 0 fully saturated rings. The lowest BCUT2D eigenvalue weighted by molar-refractivity contribution is 0.554. The third-order valence-electron chi connectivity index (χ3n) is 4.17. The zero-order valence-corrected chi connectivity index (χ0v) is 13.8. The molecule has 1 N–H and O–H groups in total. The summed E-state index contributed by atoms with van der Waals surface area (Å²) in [4.78, 5) is 0.452. The van der Waals surface area contributed by atoms with E-state index >= 15 is 0 Å². The van der Waals surface area contributed by atoms with Crippen molar-refractivity contribution in [1.29, 1.82) is 0 Å². The number of hydrogen-bond acceptors (Lipinski definition) is 2. The molecule has 19 heavy (non-hydrogen) atoms. The van der Waals surface area contributed by atoms with E-state index in [1.165, 1.54) is 5.56 Å². The topological polar surface area (TPSA) is 46.2 Å². The summed E-state index contributed by atoms with van der Waals surface area (Å²) in [5.41, 5.74) is 5.02. The Hall–Kier alpha value is -0.870. The smallest absolute Gasteiger partial charge is 0.208 e. The quantitative estimate of drug-likeness (QED) is 0.921. The first-order chi connectivity index (χ1) is 8.63. The molecule has 3 nitrogen and oxygen atoms in total. The van der Waals surface area contributed by atoms with Gasteiger partial charge in [0.15, 0.2) is 0 Å². The highest BCUT2D eigenvalue weighted by Crippen LogP contribution is 2.29. The Kier molecular flexibility index (Phi) is 4.80. The van der Waals surface area contributed by atoms with E-state index in [2.05, 4.69) is 4.72 Å². The van der Waals surface area contributed by atoms with Crippen LogP contribution in [0.25, 0.3) is 0 Å². The molecule has 0 aliphatic carbocycles. The van der Waals surface area contributed by atoms with Crippen LogP contribution in [0.3, 0.4) is 0 Å². The molecule has 1 aromatic carbocycles. The van der Waals surface area contributed by atoms with E-state index in [1.54, 1.807) is 0 Å². The third kappa shape index (κ3) is 3.00. The number of hydrogen-bond donors (Lipinski definition) is 1. The highest BCUT2D eigenvalue weighted by atomic mass is 32.2. The molecule has 1 atom stereocenters. The second kappa shape index (κ2) is 5.63. The molecular weight excluding hydrogens is 258 g/mol. The van der Waals surface area contributed by atoms with Crippen molar-refractivity contribution >= 4 is 10.0 Å². The summed E-state index contributed by atoms with van der Waals surface area (Å²) in [6.45, 7) is 13.6. The molecule has 0 bridgehead atoms. The van der Waals surface area contributed by atoms with Crippen molar-refractivity contribution in [1.82, 2.24) is 4.72 Å². The van der Waals surface area contributed by atoms with Gasteiger partial charge in [0.2, 0.25) is 10.0 Å². The van der Waals surface area contributed by atoms with Crippen LogP contribution >= 0.6 is 0 Å². The first kappa shape index (κ1) is 16.2. The SMILES string of the molecule is CC[C@H](C)NS(=O)(=O)c1c(C)c(C)c(C)c(C)c1C. The molecule has 0 unspecified atom stereocenters. The van der Waals surface area contributed by atoms with Crippen molar-refractivity contribution in [3.63, 3.8) is 0 Å². The summed E-state index contributed by atoms with van der Waals surface area (Å²) < 4.78 is 27.8. The Bertz CT molecular complexity index is 560. The van der Waals surface area contributed by atoms with Crippen LogP contribution in [0.1, 0.15) is 48.1 Å². The van der Waals surface area contributed by atoms with Crippen LogP contribution in [0.4, 0.5) is 0 Å². The van der Waals surface area contributed by atoms with Gasteiger partial charge in [-0.25, -0.2) is 13.1 Å². The maximum atomic E-state index is 12.5. The minimum Gasteiger partial charge on any atom is -0.208 e. The van der Waals surface area contributed by atoms with Crippen LogP contribution in [0.2, 0.25) is 0 Å². The Balaban J connectivity index is 3.52. The molecule has 0 saturated heterocycles. The van der Waals surface area contributed by atoms with Crippen LogP contribution in [-0.2, 0) is 10.0 Å². The maximum Gasteiger partial charge on any atom is 0.241 e. The van der Waals surface area contributed by atoms with Crippen molar-refractivity contribution in [2.75, 3.05) is 0 Å². The number of sulfonamides is 1. The number of nitrogens with one attached hydrogen (secondary N) is 1. The molecule has 0 radical (unpaired) electrons.